The van der Waals surface area contributed by atoms with Crippen molar-refractivity contribution in [1.82, 2.24) is 9.62 Å². The fraction of sp³-hybridized carbons (Fsp3) is 0.368. The quantitative estimate of drug-likeness (QED) is 0.694. The lowest BCUT2D eigenvalue weighted by molar-refractivity contribution is -0.131. The highest BCUT2D eigenvalue weighted by Crippen LogP contribution is 2.26. The minimum atomic E-state index is -3.53. The minimum Gasteiger partial charge on any atom is -0.382 e. The van der Waals surface area contributed by atoms with Gasteiger partial charge in [0.25, 0.3) is 5.91 Å². The van der Waals surface area contributed by atoms with Gasteiger partial charge in [0, 0.05) is 26.1 Å². The van der Waals surface area contributed by atoms with Gasteiger partial charge in [0.05, 0.1) is 14.1 Å². The Hall–Kier alpha value is -1.94. The Labute approximate surface area is 179 Å². The van der Waals surface area contributed by atoms with E-state index in [1.165, 1.54) is 15.6 Å². The molecule has 29 heavy (non-hydrogen) atoms. The van der Waals surface area contributed by atoms with Gasteiger partial charge in [-0.2, -0.15) is 4.31 Å². The van der Waals surface area contributed by atoms with Crippen LogP contribution in [0.5, 0.6) is 0 Å². The first-order valence-corrected chi connectivity index (χ1v) is 11.6. The molecule has 0 bridgehead atoms. The van der Waals surface area contributed by atoms with Crippen LogP contribution in [-0.4, -0.2) is 43.5 Å². The van der Waals surface area contributed by atoms with Gasteiger partial charge in [-0.1, -0.05) is 28.9 Å². The molecular weight excluding hydrogens is 434 g/mol. The summed E-state index contributed by atoms with van der Waals surface area (Å²) in [5, 5.41) is 6.78. The monoisotopic (exact) mass is 455 g/mol. The molecular formula is C19H22ClN3O4S2. The summed E-state index contributed by atoms with van der Waals surface area (Å²) in [6.07, 6.45) is -0.313. The predicted molar refractivity (Wildman–Crippen MR) is 114 cm³/mol. The molecule has 0 radical (unpaired) electrons. The maximum atomic E-state index is 12.5. The van der Waals surface area contributed by atoms with Crippen LogP contribution >= 0.6 is 22.9 Å². The van der Waals surface area contributed by atoms with Gasteiger partial charge >= 0.3 is 0 Å². The van der Waals surface area contributed by atoms with Crippen LogP contribution in [0.25, 0.3) is 0 Å². The van der Waals surface area contributed by atoms with Gasteiger partial charge in [-0.05, 0) is 43.7 Å². The Balaban J connectivity index is 1.55. The van der Waals surface area contributed by atoms with Crippen LogP contribution in [0.15, 0.2) is 46.4 Å². The van der Waals surface area contributed by atoms with Crippen LogP contribution in [0.4, 0.5) is 0 Å². The van der Waals surface area contributed by atoms with Crippen LogP contribution in [0.2, 0.25) is 4.34 Å². The van der Waals surface area contributed by atoms with Crippen molar-refractivity contribution in [2.24, 2.45) is 5.16 Å². The summed E-state index contributed by atoms with van der Waals surface area (Å²) in [6.45, 7) is 3.89. The molecule has 1 N–H and O–H groups in total. The maximum Gasteiger partial charge on any atom is 0.264 e. The lowest BCUT2D eigenvalue weighted by Gasteiger charge is -2.21. The Bertz CT molecular complexity index is 1020. The van der Waals surface area contributed by atoms with Gasteiger partial charge in [-0.25, -0.2) is 8.42 Å². The number of benzene rings is 1. The van der Waals surface area contributed by atoms with Gasteiger partial charge in [0.15, 0.2) is 0 Å². The van der Waals surface area contributed by atoms with Crippen LogP contribution in [0.3, 0.4) is 0 Å². The summed E-state index contributed by atoms with van der Waals surface area (Å²) in [6, 6.07) is 9.95. The van der Waals surface area contributed by atoms with E-state index in [1.54, 1.807) is 37.4 Å². The fourth-order valence-corrected chi connectivity index (χ4v) is 5.06. The van der Waals surface area contributed by atoms with E-state index in [1.807, 2.05) is 19.9 Å². The Kier molecular flexibility index (Phi) is 6.62. The van der Waals surface area contributed by atoms with Crippen molar-refractivity contribution in [1.29, 1.82) is 0 Å². The molecule has 2 aromatic rings. The van der Waals surface area contributed by atoms with Crippen molar-refractivity contribution in [3.8, 4) is 0 Å². The molecule has 156 valence electrons. The Morgan fingerprint density at radius 3 is 2.59 bits per heavy atom. The molecule has 2 heterocycles. The molecule has 10 heteroatoms. The average Bonchev–Trinajstić information content (AvgIpc) is 3.34. The number of halogens is 1. The van der Waals surface area contributed by atoms with Crippen molar-refractivity contribution in [2.75, 3.05) is 7.05 Å². The number of nitrogens with one attached hydrogen (secondary N) is 1. The van der Waals surface area contributed by atoms with Crippen molar-refractivity contribution in [3.05, 3.63) is 51.2 Å². The first kappa shape index (κ1) is 21.8. The standard InChI is InChI=1S/C19H22ClN3O4S2/c1-12(2)23(3)29(25,26)14-6-4-13(5-7-14)11-21-19(24)16-10-15(22-27-16)17-8-9-18(20)28-17/h4-9,12,16H,10-11H2,1-3H3,(H,21,24). The Morgan fingerprint density at radius 1 is 1.31 bits per heavy atom. The number of rotatable bonds is 7. The first-order chi connectivity index (χ1) is 13.7. The fourth-order valence-electron chi connectivity index (χ4n) is 2.66. The molecule has 0 aliphatic carbocycles. The van der Waals surface area contributed by atoms with Crippen LogP contribution in [0.1, 0.15) is 30.7 Å². The van der Waals surface area contributed by atoms with E-state index in [0.717, 1.165) is 10.4 Å². The largest absolute Gasteiger partial charge is 0.382 e. The zero-order valence-corrected chi connectivity index (χ0v) is 18.6. The van der Waals surface area contributed by atoms with Gasteiger partial charge < -0.3 is 10.2 Å². The number of carbonyl (C=O) groups is 1. The average molecular weight is 456 g/mol. The van der Waals surface area contributed by atoms with E-state index in [9.17, 15) is 13.2 Å². The van der Waals surface area contributed by atoms with Gasteiger partial charge in [0.1, 0.15) is 5.71 Å². The van der Waals surface area contributed by atoms with Crippen molar-refractivity contribution in [2.45, 2.75) is 43.9 Å². The van der Waals surface area contributed by atoms with Gasteiger partial charge in [-0.15, -0.1) is 11.3 Å². The number of nitrogens with zero attached hydrogens (tertiary/aromatic N) is 2. The van der Waals surface area contributed by atoms with Gasteiger partial charge in [0.2, 0.25) is 16.1 Å². The summed E-state index contributed by atoms with van der Waals surface area (Å²) in [7, 11) is -1.98. The van der Waals surface area contributed by atoms with Gasteiger partial charge in [-0.3, -0.25) is 4.79 Å². The van der Waals surface area contributed by atoms with E-state index in [0.29, 0.717) is 16.5 Å². The summed E-state index contributed by atoms with van der Waals surface area (Å²) in [5.74, 6) is -0.275. The molecule has 0 spiro atoms. The normalized spacial score (nSPS) is 16.8. The molecule has 1 aromatic heterocycles. The highest BCUT2D eigenvalue weighted by molar-refractivity contribution is 7.89. The minimum absolute atomic E-state index is 0.136. The van der Waals surface area contributed by atoms with E-state index in [2.05, 4.69) is 10.5 Å². The van der Waals surface area contributed by atoms with Crippen molar-refractivity contribution < 1.29 is 18.0 Å². The van der Waals surface area contributed by atoms with E-state index < -0.39 is 16.1 Å². The van der Waals surface area contributed by atoms with Crippen molar-refractivity contribution in [3.63, 3.8) is 0 Å². The second-order valence-electron chi connectivity index (χ2n) is 6.92. The van der Waals surface area contributed by atoms with Crippen LogP contribution in [-0.2, 0) is 26.2 Å². The molecule has 3 rings (SSSR count). The molecule has 0 saturated heterocycles. The molecule has 0 fully saturated rings. The lowest BCUT2D eigenvalue weighted by Crippen LogP contribution is -2.34. The van der Waals surface area contributed by atoms with E-state index in [-0.39, 0.29) is 23.4 Å². The summed E-state index contributed by atoms with van der Waals surface area (Å²) in [4.78, 5) is 18.7. The third-order valence-electron chi connectivity index (χ3n) is 4.61. The molecule has 1 aliphatic rings. The second kappa shape index (κ2) is 8.83. The van der Waals surface area contributed by atoms with E-state index in [4.69, 9.17) is 16.4 Å². The summed E-state index contributed by atoms with van der Waals surface area (Å²) in [5.41, 5.74) is 1.49. The number of oxime groups is 1. The predicted octanol–water partition coefficient (Wildman–Crippen LogP) is 3.24. The maximum absolute atomic E-state index is 12.5. The number of carbonyl (C=O) groups excluding carboxylic acids is 1. The summed E-state index contributed by atoms with van der Waals surface area (Å²) >= 11 is 7.32. The SMILES string of the molecule is CC(C)N(C)S(=O)(=O)c1ccc(CNC(=O)C2CC(c3ccc(Cl)s3)=NO2)cc1. The first-order valence-electron chi connectivity index (χ1n) is 9.01. The number of amides is 1. The number of hydrogen-bond donors (Lipinski definition) is 1. The zero-order valence-electron chi connectivity index (χ0n) is 16.3. The zero-order chi connectivity index (χ0) is 21.2. The number of hydrogen-bond acceptors (Lipinski definition) is 6. The third-order valence-corrected chi connectivity index (χ3v) is 7.94. The number of thiophene rings is 1. The van der Waals surface area contributed by atoms with Crippen molar-refractivity contribution >= 4 is 44.6 Å². The molecule has 1 atom stereocenters. The molecule has 0 saturated carbocycles. The van der Waals surface area contributed by atoms with Crippen LogP contribution in [0, 0.1) is 0 Å². The highest BCUT2D eigenvalue weighted by Gasteiger charge is 2.29. The third kappa shape index (κ3) is 4.98. The molecule has 1 amide bonds. The number of sulfonamides is 1. The van der Waals surface area contributed by atoms with E-state index >= 15 is 0 Å². The smallest absolute Gasteiger partial charge is 0.264 e. The second-order valence-corrected chi connectivity index (χ2v) is 10.6. The molecule has 7 nitrogen and oxygen atoms in total. The topological polar surface area (TPSA) is 88.1 Å². The lowest BCUT2D eigenvalue weighted by atomic mass is 10.1. The van der Waals surface area contributed by atoms with Crippen LogP contribution < -0.4 is 5.32 Å². The highest BCUT2D eigenvalue weighted by atomic mass is 35.5. The molecule has 1 aromatic carbocycles. The summed E-state index contributed by atoms with van der Waals surface area (Å²) < 4.78 is 27.0. The molecule has 1 aliphatic heterocycles. The Morgan fingerprint density at radius 2 is 2.00 bits per heavy atom. The molecule has 1 unspecified atom stereocenters.